The van der Waals surface area contributed by atoms with Crippen molar-refractivity contribution in [2.24, 2.45) is 17.6 Å². The third kappa shape index (κ3) is 3.44. The summed E-state index contributed by atoms with van der Waals surface area (Å²) in [5.41, 5.74) is 8.67. The lowest BCUT2D eigenvalue weighted by molar-refractivity contribution is -0.120. The van der Waals surface area contributed by atoms with Gasteiger partial charge in [-0.3, -0.25) is 4.79 Å². The molecule has 2 aromatic rings. The number of ether oxygens (including phenoxy) is 1. The molecule has 0 unspecified atom stereocenters. The van der Waals surface area contributed by atoms with Crippen molar-refractivity contribution in [2.75, 3.05) is 19.0 Å². The van der Waals surface area contributed by atoms with Gasteiger partial charge < -0.3 is 15.8 Å². The van der Waals surface area contributed by atoms with Crippen molar-refractivity contribution in [3.8, 4) is 17.0 Å². The number of hydrogen-bond acceptors (Lipinski definition) is 5. The zero-order valence-electron chi connectivity index (χ0n) is 14.0. The number of carbonyl (C=O) groups is 1. The van der Waals surface area contributed by atoms with Crippen LogP contribution in [0, 0.1) is 18.8 Å². The number of nitrogens with two attached hydrogens (primary N) is 1. The average molecular weight is 345 g/mol. The van der Waals surface area contributed by atoms with E-state index in [0.29, 0.717) is 17.6 Å². The summed E-state index contributed by atoms with van der Waals surface area (Å²) in [4.78, 5) is 17.1. The Morgan fingerprint density at radius 2 is 2.29 bits per heavy atom. The minimum Gasteiger partial charge on any atom is -0.496 e. The number of aromatic nitrogens is 1. The van der Waals surface area contributed by atoms with Gasteiger partial charge in [-0.05, 0) is 44.4 Å². The Hall–Kier alpha value is -1.92. The molecule has 0 aliphatic heterocycles. The molecule has 1 aliphatic carbocycles. The summed E-state index contributed by atoms with van der Waals surface area (Å²) in [6.45, 7) is 2.60. The molecule has 1 heterocycles. The predicted octanol–water partition coefficient (Wildman–Crippen LogP) is 3.44. The number of thiazole rings is 1. The summed E-state index contributed by atoms with van der Waals surface area (Å²) in [6, 6.07) is 5.98. The number of hydrogen-bond donors (Lipinski definition) is 2. The topological polar surface area (TPSA) is 77.2 Å². The zero-order chi connectivity index (χ0) is 17.1. The summed E-state index contributed by atoms with van der Waals surface area (Å²) >= 11 is 1.44. The van der Waals surface area contributed by atoms with E-state index in [1.54, 1.807) is 7.11 Å². The zero-order valence-corrected chi connectivity index (χ0v) is 14.9. The van der Waals surface area contributed by atoms with E-state index in [9.17, 15) is 4.79 Å². The van der Waals surface area contributed by atoms with Crippen molar-refractivity contribution in [1.29, 1.82) is 0 Å². The van der Waals surface area contributed by atoms with Crippen molar-refractivity contribution >= 4 is 22.4 Å². The van der Waals surface area contributed by atoms with Crippen LogP contribution < -0.4 is 15.8 Å². The van der Waals surface area contributed by atoms with E-state index in [4.69, 9.17) is 10.5 Å². The van der Waals surface area contributed by atoms with E-state index in [-0.39, 0.29) is 11.8 Å². The molecule has 0 spiro atoms. The molecule has 1 saturated carbocycles. The van der Waals surface area contributed by atoms with Gasteiger partial charge in [0, 0.05) is 16.9 Å². The standard InChI is InChI=1S/C18H23N3O2S/c1-11-6-7-16(23-2)14(8-11)15-10-24-18(20-15)21-17(22)13-5-3-4-12(13)9-19/h6-8,10,12-13H,3-5,9,19H2,1-2H3,(H,20,21,22)/t12-,13-/m1/s1. The van der Waals surface area contributed by atoms with Crippen molar-refractivity contribution in [2.45, 2.75) is 26.2 Å². The fourth-order valence-corrected chi connectivity index (χ4v) is 4.05. The maximum atomic E-state index is 12.5. The Labute approximate surface area is 146 Å². The van der Waals surface area contributed by atoms with E-state index >= 15 is 0 Å². The minimum atomic E-state index is 0.0101. The molecule has 1 aliphatic rings. The summed E-state index contributed by atoms with van der Waals surface area (Å²) < 4.78 is 5.42. The van der Waals surface area contributed by atoms with Gasteiger partial charge in [0.25, 0.3) is 0 Å². The second kappa shape index (κ2) is 7.32. The smallest absolute Gasteiger partial charge is 0.229 e. The first kappa shape index (κ1) is 16.9. The molecule has 6 heteroatoms. The number of amides is 1. The van der Waals surface area contributed by atoms with E-state index in [1.165, 1.54) is 11.3 Å². The van der Waals surface area contributed by atoms with Crippen LogP contribution in [0.15, 0.2) is 23.6 Å². The van der Waals surface area contributed by atoms with Gasteiger partial charge in [0.05, 0.1) is 12.8 Å². The molecule has 5 nitrogen and oxygen atoms in total. The number of methoxy groups -OCH3 is 1. The van der Waals surface area contributed by atoms with Gasteiger partial charge >= 0.3 is 0 Å². The lowest BCUT2D eigenvalue weighted by atomic mass is 9.95. The Kier molecular flexibility index (Phi) is 5.16. The van der Waals surface area contributed by atoms with Crippen LogP contribution in [0.25, 0.3) is 11.3 Å². The van der Waals surface area contributed by atoms with Crippen LogP contribution in [-0.4, -0.2) is 24.5 Å². The predicted molar refractivity (Wildman–Crippen MR) is 97.4 cm³/mol. The molecule has 1 fully saturated rings. The lowest BCUT2D eigenvalue weighted by Crippen LogP contribution is -2.29. The normalized spacial score (nSPS) is 20.1. The van der Waals surface area contributed by atoms with Crippen molar-refractivity contribution < 1.29 is 9.53 Å². The van der Waals surface area contributed by atoms with E-state index in [1.807, 2.05) is 30.5 Å². The Balaban J connectivity index is 1.76. The number of rotatable bonds is 5. The third-order valence-electron chi connectivity index (χ3n) is 4.66. The Morgan fingerprint density at radius 3 is 3.04 bits per heavy atom. The van der Waals surface area contributed by atoms with Gasteiger partial charge in [0.2, 0.25) is 5.91 Å². The van der Waals surface area contributed by atoms with Gasteiger partial charge in [-0.1, -0.05) is 18.1 Å². The second-order valence-electron chi connectivity index (χ2n) is 6.26. The van der Waals surface area contributed by atoms with Gasteiger partial charge in [0.1, 0.15) is 5.75 Å². The molecule has 1 aromatic heterocycles. The van der Waals surface area contributed by atoms with Crippen LogP contribution in [0.5, 0.6) is 5.75 Å². The van der Waals surface area contributed by atoms with E-state index < -0.39 is 0 Å². The molecule has 0 radical (unpaired) electrons. The molecule has 2 atom stereocenters. The number of aryl methyl sites for hydroxylation is 1. The van der Waals surface area contributed by atoms with Gasteiger partial charge in [0.15, 0.2) is 5.13 Å². The highest BCUT2D eigenvalue weighted by molar-refractivity contribution is 7.14. The molecular weight excluding hydrogens is 322 g/mol. The fraction of sp³-hybridized carbons (Fsp3) is 0.444. The third-order valence-corrected chi connectivity index (χ3v) is 5.42. The number of nitrogens with one attached hydrogen (secondary N) is 1. The van der Waals surface area contributed by atoms with Gasteiger partial charge in [-0.15, -0.1) is 11.3 Å². The van der Waals surface area contributed by atoms with Crippen molar-refractivity contribution in [3.05, 3.63) is 29.1 Å². The van der Waals surface area contributed by atoms with Crippen LogP contribution in [0.4, 0.5) is 5.13 Å². The second-order valence-corrected chi connectivity index (χ2v) is 7.12. The Morgan fingerprint density at radius 1 is 1.46 bits per heavy atom. The molecule has 0 saturated heterocycles. The molecule has 3 N–H and O–H groups in total. The molecule has 1 amide bonds. The lowest BCUT2D eigenvalue weighted by Gasteiger charge is -2.16. The van der Waals surface area contributed by atoms with Crippen molar-refractivity contribution in [3.63, 3.8) is 0 Å². The summed E-state index contributed by atoms with van der Waals surface area (Å²) in [7, 11) is 1.65. The van der Waals surface area contributed by atoms with Crippen molar-refractivity contribution in [1.82, 2.24) is 4.98 Å². The van der Waals surface area contributed by atoms with Crippen LogP contribution >= 0.6 is 11.3 Å². The first-order valence-electron chi connectivity index (χ1n) is 8.24. The van der Waals surface area contributed by atoms with E-state index in [2.05, 4.69) is 10.3 Å². The van der Waals surface area contributed by atoms with Crippen LogP contribution in [-0.2, 0) is 4.79 Å². The molecule has 24 heavy (non-hydrogen) atoms. The average Bonchev–Trinajstić information content (AvgIpc) is 3.23. The largest absolute Gasteiger partial charge is 0.496 e. The number of nitrogens with zero attached hydrogens (tertiary/aromatic N) is 1. The molecule has 0 bridgehead atoms. The van der Waals surface area contributed by atoms with Gasteiger partial charge in [-0.2, -0.15) is 0 Å². The number of benzene rings is 1. The Bertz CT molecular complexity index is 729. The summed E-state index contributed by atoms with van der Waals surface area (Å²) in [6.07, 6.45) is 3.03. The molecule has 3 rings (SSSR count). The monoisotopic (exact) mass is 345 g/mol. The first-order valence-corrected chi connectivity index (χ1v) is 9.11. The quantitative estimate of drug-likeness (QED) is 0.870. The molecular formula is C18H23N3O2S. The highest BCUT2D eigenvalue weighted by Crippen LogP contribution is 2.35. The maximum Gasteiger partial charge on any atom is 0.229 e. The van der Waals surface area contributed by atoms with Gasteiger partial charge in [-0.25, -0.2) is 4.98 Å². The molecule has 1 aromatic carbocycles. The highest BCUT2D eigenvalue weighted by Gasteiger charge is 2.32. The minimum absolute atomic E-state index is 0.0101. The molecule has 128 valence electrons. The fourth-order valence-electron chi connectivity index (χ4n) is 3.34. The maximum absolute atomic E-state index is 12.5. The highest BCUT2D eigenvalue weighted by atomic mass is 32.1. The number of anilines is 1. The SMILES string of the molecule is COc1ccc(C)cc1-c1csc(NC(=O)[C@@H]2CCC[C@@H]2CN)n1. The van der Waals surface area contributed by atoms with Crippen LogP contribution in [0.1, 0.15) is 24.8 Å². The summed E-state index contributed by atoms with van der Waals surface area (Å²) in [5, 5.41) is 5.54. The van der Waals surface area contributed by atoms with Crippen LogP contribution in [0.2, 0.25) is 0 Å². The van der Waals surface area contributed by atoms with E-state index in [0.717, 1.165) is 41.8 Å². The first-order chi connectivity index (χ1) is 11.6. The summed E-state index contributed by atoms with van der Waals surface area (Å²) in [5.74, 6) is 1.12. The van der Waals surface area contributed by atoms with Crippen LogP contribution in [0.3, 0.4) is 0 Å². The number of carbonyl (C=O) groups excluding carboxylic acids is 1.